The minimum Gasteiger partial charge on any atom is -0.332 e. The molecule has 0 unspecified atom stereocenters. The Morgan fingerprint density at radius 2 is 2.16 bits per heavy atom. The van der Waals surface area contributed by atoms with Gasteiger partial charge in [-0.1, -0.05) is 6.07 Å². The number of imidazole rings is 1. The number of rotatable bonds is 2. The van der Waals surface area contributed by atoms with Crippen LogP contribution in [0.5, 0.6) is 0 Å². The van der Waals surface area contributed by atoms with E-state index in [0.717, 1.165) is 6.20 Å². The van der Waals surface area contributed by atoms with E-state index in [9.17, 15) is 14.9 Å². The third kappa shape index (κ3) is 1.75. The van der Waals surface area contributed by atoms with Crippen LogP contribution in [0.25, 0.3) is 22.6 Å². The molecule has 0 amide bonds. The standard InChI is InChI=1S/C11H7N5O3/c17-11-9-8(7(5-13-11)16(18)19)14-10(15-9)6-3-1-2-4-12-6/h1-5H,(H,13,17)(H,14,15). The van der Waals surface area contributed by atoms with Gasteiger partial charge in [-0.25, -0.2) is 4.98 Å². The molecule has 3 aromatic rings. The highest BCUT2D eigenvalue weighted by Crippen LogP contribution is 2.23. The Balaban J connectivity index is 2.32. The van der Waals surface area contributed by atoms with Gasteiger partial charge in [-0.2, -0.15) is 0 Å². The lowest BCUT2D eigenvalue weighted by atomic mass is 10.3. The molecule has 0 atom stereocenters. The molecule has 0 bridgehead atoms. The first-order chi connectivity index (χ1) is 9.16. The van der Waals surface area contributed by atoms with E-state index in [2.05, 4.69) is 19.9 Å². The summed E-state index contributed by atoms with van der Waals surface area (Å²) in [6, 6.07) is 5.19. The van der Waals surface area contributed by atoms with Crippen molar-refractivity contribution >= 4 is 16.7 Å². The fourth-order valence-electron chi connectivity index (χ4n) is 1.76. The summed E-state index contributed by atoms with van der Waals surface area (Å²) < 4.78 is 0. The molecular formula is C11H7N5O3. The molecule has 8 nitrogen and oxygen atoms in total. The number of hydrogen-bond acceptors (Lipinski definition) is 5. The molecule has 0 aliphatic heterocycles. The molecule has 0 spiro atoms. The third-order valence-corrected chi connectivity index (χ3v) is 2.62. The van der Waals surface area contributed by atoms with Gasteiger partial charge in [-0.05, 0) is 12.1 Å². The Kier molecular flexibility index (Phi) is 2.34. The second-order valence-corrected chi connectivity index (χ2v) is 3.78. The molecule has 94 valence electrons. The van der Waals surface area contributed by atoms with Crippen LogP contribution < -0.4 is 5.56 Å². The Hall–Kier alpha value is -3.03. The van der Waals surface area contributed by atoms with E-state index in [1.807, 2.05) is 0 Å². The third-order valence-electron chi connectivity index (χ3n) is 2.62. The Labute approximate surface area is 105 Å². The van der Waals surface area contributed by atoms with E-state index in [4.69, 9.17) is 0 Å². The van der Waals surface area contributed by atoms with Crippen LogP contribution in [0.3, 0.4) is 0 Å². The van der Waals surface area contributed by atoms with Gasteiger partial charge in [0.1, 0.15) is 11.2 Å². The van der Waals surface area contributed by atoms with E-state index in [0.29, 0.717) is 11.5 Å². The average Bonchev–Trinajstić information content (AvgIpc) is 2.85. The lowest BCUT2D eigenvalue weighted by Gasteiger charge is -1.92. The smallest absolute Gasteiger partial charge is 0.313 e. The molecule has 0 aliphatic carbocycles. The zero-order valence-electron chi connectivity index (χ0n) is 9.45. The fraction of sp³-hybridized carbons (Fsp3) is 0. The highest BCUT2D eigenvalue weighted by atomic mass is 16.6. The molecule has 0 aromatic carbocycles. The molecule has 0 fully saturated rings. The minimum atomic E-state index is -0.596. The summed E-state index contributed by atoms with van der Waals surface area (Å²) in [7, 11) is 0. The van der Waals surface area contributed by atoms with Crippen molar-refractivity contribution in [1.82, 2.24) is 19.9 Å². The second-order valence-electron chi connectivity index (χ2n) is 3.78. The molecule has 0 radical (unpaired) electrons. The van der Waals surface area contributed by atoms with Crippen LogP contribution in [0.15, 0.2) is 35.4 Å². The van der Waals surface area contributed by atoms with Crippen molar-refractivity contribution in [2.45, 2.75) is 0 Å². The van der Waals surface area contributed by atoms with Crippen molar-refractivity contribution in [3.05, 3.63) is 51.1 Å². The van der Waals surface area contributed by atoms with Crippen LogP contribution in [0.1, 0.15) is 0 Å². The van der Waals surface area contributed by atoms with Gasteiger partial charge in [-0.3, -0.25) is 19.9 Å². The van der Waals surface area contributed by atoms with E-state index < -0.39 is 10.5 Å². The SMILES string of the molecule is O=c1[nH]cc([N+](=O)[O-])c2nc(-c3ccccn3)[nH]c12. The number of pyridine rings is 2. The molecule has 3 aromatic heterocycles. The number of nitrogens with zero attached hydrogens (tertiary/aromatic N) is 3. The number of nitrogens with one attached hydrogen (secondary N) is 2. The number of hydrogen-bond donors (Lipinski definition) is 2. The summed E-state index contributed by atoms with van der Waals surface area (Å²) in [5.41, 5.74) is -0.125. The molecule has 19 heavy (non-hydrogen) atoms. The highest BCUT2D eigenvalue weighted by molar-refractivity contribution is 5.85. The highest BCUT2D eigenvalue weighted by Gasteiger charge is 2.19. The van der Waals surface area contributed by atoms with E-state index in [-0.39, 0.29) is 16.7 Å². The summed E-state index contributed by atoms with van der Waals surface area (Å²) in [5.74, 6) is 0.315. The quantitative estimate of drug-likeness (QED) is 0.528. The number of nitro groups is 1. The van der Waals surface area contributed by atoms with Crippen molar-refractivity contribution in [2.24, 2.45) is 0 Å². The Morgan fingerprint density at radius 3 is 2.84 bits per heavy atom. The first-order valence-corrected chi connectivity index (χ1v) is 5.34. The van der Waals surface area contributed by atoms with Gasteiger partial charge in [0.25, 0.3) is 5.56 Å². The van der Waals surface area contributed by atoms with Crippen LogP contribution in [-0.4, -0.2) is 24.9 Å². The normalized spacial score (nSPS) is 10.7. The molecule has 3 heterocycles. The molecule has 2 N–H and O–H groups in total. The molecular weight excluding hydrogens is 250 g/mol. The van der Waals surface area contributed by atoms with Crippen LogP contribution >= 0.6 is 0 Å². The summed E-state index contributed by atoms with van der Waals surface area (Å²) in [4.78, 5) is 35.1. The predicted octanol–water partition coefficient (Wildman–Crippen LogP) is 1.22. The van der Waals surface area contributed by atoms with Crippen molar-refractivity contribution in [3.8, 4) is 11.5 Å². The van der Waals surface area contributed by atoms with Crippen LogP contribution in [0.2, 0.25) is 0 Å². The van der Waals surface area contributed by atoms with Gasteiger partial charge in [0, 0.05) is 6.20 Å². The van der Waals surface area contributed by atoms with Crippen LogP contribution in [-0.2, 0) is 0 Å². The zero-order valence-corrected chi connectivity index (χ0v) is 9.45. The van der Waals surface area contributed by atoms with E-state index in [1.165, 1.54) is 0 Å². The first-order valence-electron chi connectivity index (χ1n) is 5.34. The lowest BCUT2D eigenvalue weighted by Crippen LogP contribution is -2.06. The first kappa shape index (κ1) is 11.1. The lowest BCUT2D eigenvalue weighted by molar-refractivity contribution is -0.383. The molecule has 8 heteroatoms. The number of fused-ring (bicyclic) bond motifs is 1. The van der Waals surface area contributed by atoms with Gasteiger partial charge >= 0.3 is 5.69 Å². The Morgan fingerprint density at radius 1 is 1.32 bits per heavy atom. The monoisotopic (exact) mass is 257 g/mol. The number of aromatic nitrogens is 4. The van der Waals surface area contributed by atoms with Crippen LogP contribution in [0, 0.1) is 10.1 Å². The Bertz CT molecular complexity index is 821. The van der Waals surface area contributed by atoms with Crippen molar-refractivity contribution < 1.29 is 4.92 Å². The summed E-state index contributed by atoms with van der Waals surface area (Å²) in [5, 5.41) is 10.9. The topological polar surface area (TPSA) is 118 Å². The number of H-pyrrole nitrogens is 2. The molecule has 0 saturated carbocycles. The predicted molar refractivity (Wildman–Crippen MR) is 66.6 cm³/mol. The molecule has 0 aliphatic rings. The maximum atomic E-state index is 11.6. The van der Waals surface area contributed by atoms with E-state index in [1.54, 1.807) is 24.4 Å². The average molecular weight is 257 g/mol. The maximum Gasteiger partial charge on any atom is 0.313 e. The second kappa shape index (κ2) is 4.02. The van der Waals surface area contributed by atoms with Gasteiger partial charge < -0.3 is 9.97 Å². The van der Waals surface area contributed by atoms with Crippen LogP contribution in [0.4, 0.5) is 5.69 Å². The molecule has 3 rings (SSSR count). The fourth-order valence-corrected chi connectivity index (χ4v) is 1.76. The maximum absolute atomic E-state index is 11.6. The van der Waals surface area contributed by atoms with Gasteiger partial charge in [0.05, 0.1) is 11.1 Å². The minimum absolute atomic E-state index is 0.0226. The van der Waals surface area contributed by atoms with Crippen molar-refractivity contribution in [3.63, 3.8) is 0 Å². The van der Waals surface area contributed by atoms with Crippen molar-refractivity contribution in [1.29, 1.82) is 0 Å². The number of aromatic amines is 2. The van der Waals surface area contributed by atoms with Gasteiger partial charge in [0.2, 0.25) is 0 Å². The van der Waals surface area contributed by atoms with E-state index >= 15 is 0 Å². The van der Waals surface area contributed by atoms with Gasteiger partial charge in [-0.15, -0.1) is 0 Å². The molecule has 0 saturated heterocycles. The summed E-state index contributed by atoms with van der Waals surface area (Å²) in [6.07, 6.45) is 2.61. The summed E-state index contributed by atoms with van der Waals surface area (Å²) in [6.45, 7) is 0. The van der Waals surface area contributed by atoms with Crippen molar-refractivity contribution in [2.75, 3.05) is 0 Å². The van der Waals surface area contributed by atoms with Gasteiger partial charge in [0.15, 0.2) is 11.3 Å². The summed E-state index contributed by atoms with van der Waals surface area (Å²) >= 11 is 0. The zero-order chi connectivity index (χ0) is 13.4. The largest absolute Gasteiger partial charge is 0.332 e.